The molecule has 2 aliphatic rings. The van der Waals surface area contributed by atoms with Crippen molar-refractivity contribution in [1.82, 2.24) is 15.1 Å². The Morgan fingerprint density at radius 1 is 1.12 bits per heavy atom. The molecule has 2 atom stereocenters. The van der Waals surface area contributed by atoms with Crippen molar-refractivity contribution in [3.05, 3.63) is 44.8 Å². The van der Waals surface area contributed by atoms with Crippen LogP contribution in [0.2, 0.25) is 0 Å². The highest BCUT2D eigenvalue weighted by Crippen LogP contribution is 2.28. The highest BCUT2D eigenvalue weighted by molar-refractivity contribution is 7.12. The Morgan fingerprint density at radius 3 is 2.41 bits per heavy atom. The topological polar surface area (TPSA) is 105 Å². The minimum Gasteiger partial charge on any atom is -0.383 e. The van der Waals surface area contributed by atoms with Crippen LogP contribution in [0.1, 0.15) is 51.4 Å². The van der Waals surface area contributed by atoms with Gasteiger partial charge in [-0.1, -0.05) is 12.1 Å². The van der Waals surface area contributed by atoms with Crippen molar-refractivity contribution in [3.8, 4) is 0 Å². The van der Waals surface area contributed by atoms with Crippen molar-refractivity contribution in [3.63, 3.8) is 0 Å². The Hall–Kier alpha value is -2.27. The number of methoxy groups -OCH3 is 1. The first-order chi connectivity index (χ1) is 16.5. The molecule has 0 bridgehead atoms. The smallest absolute Gasteiger partial charge is 0.264 e. The van der Waals surface area contributed by atoms with E-state index in [2.05, 4.69) is 5.32 Å². The minimum atomic E-state index is -0.628. The molecule has 3 heterocycles. The molecule has 1 aliphatic heterocycles. The fourth-order valence-electron chi connectivity index (χ4n) is 4.80. The number of ether oxygens (including phenoxy) is 1. The first-order valence-electron chi connectivity index (χ1n) is 11.7. The Balaban J connectivity index is 1.54. The molecule has 0 spiro atoms. The van der Waals surface area contributed by atoms with E-state index >= 15 is 0 Å². The molecule has 0 radical (unpaired) electrons. The standard InChI is InChI=1S/C24H32N4O4S2/c1-32-11-10-27(23(30)20-4-2-12-33-20)18-14-19(22(29)26-17-8-6-16(25)7-9-17)28(15-18)24(31)21-5-3-13-34-21/h2-5,12-13,16-19H,6-11,14-15,25H2,1H3,(H,26,29). The fraction of sp³-hybridized carbons (Fsp3) is 0.542. The van der Waals surface area contributed by atoms with Crippen LogP contribution in [0.15, 0.2) is 35.0 Å². The maximum absolute atomic E-state index is 13.4. The number of likely N-dealkylation sites (tertiary alicyclic amines) is 1. The number of amides is 3. The van der Waals surface area contributed by atoms with Crippen LogP contribution < -0.4 is 11.1 Å². The van der Waals surface area contributed by atoms with Crippen molar-refractivity contribution in [2.75, 3.05) is 26.8 Å². The van der Waals surface area contributed by atoms with Gasteiger partial charge in [-0.15, -0.1) is 22.7 Å². The van der Waals surface area contributed by atoms with Gasteiger partial charge in [-0.3, -0.25) is 14.4 Å². The summed E-state index contributed by atoms with van der Waals surface area (Å²) in [5, 5.41) is 6.88. The second kappa shape index (κ2) is 11.4. The summed E-state index contributed by atoms with van der Waals surface area (Å²) in [6, 6.07) is 6.62. The number of hydrogen-bond donors (Lipinski definition) is 2. The Kier molecular flexibility index (Phi) is 8.36. The van der Waals surface area contributed by atoms with Crippen LogP contribution >= 0.6 is 22.7 Å². The molecule has 2 fully saturated rings. The molecule has 0 aromatic carbocycles. The van der Waals surface area contributed by atoms with Gasteiger partial charge >= 0.3 is 0 Å². The molecule has 3 amide bonds. The second-order valence-electron chi connectivity index (χ2n) is 8.93. The predicted octanol–water partition coefficient (Wildman–Crippen LogP) is 2.57. The minimum absolute atomic E-state index is 0.0717. The van der Waals surface area contributed by atoms with E-state index in [-0.39, 0.29) is 35.8 Å². The molecule has 4 rings (SSSR count). The summed E-state index contributed by atoms with van der Waals surface area (Å²) in [6.07, 6.45) is 3.86. The Bertz CT molecular complexity index is 958. The molecule has 1 aliphatic carbocycles. The van der Waals surface area contributed by atoms with Gasteiger partial charge in [0.15, 0.2) is 0 Å². The molecule has 184 valence electrons. The maximum atomic E-state index is 13.4. The average Bonchev–Trinajstić information content (AvgIpc) is 3.62. The van der Waals surface area contributed by atoms with Gasteiger partial charge in [0.05, 0.1) is 22.4 Å². The second-order valence-corrected chi connectivity index (χ2v) is 10.8. The highest BCUT2D eigenvalue weighted by atomic mass is 32.1. The zero-order valence-electron chi connectivity index (χ0n) is 19.4. The molecule has 10 heteroatoms. The van der Waals surface area contributed by atoms with Gasteiger partial charge < -0.3 is 25.6 Å². The number of rotatable bonds is 8. The highest BCUT2D eigenvalue weighted by Gasteiger charge is 2.44. The monoisotopic (exact) mass is 504 g/mol. The first-order valence-corrected chi connectivity index (χ1v) is 13.5. The third-order valence-electron chi connectivity index (χ3n) is 6.66. The zero-order valence-corrected chi connectivity index (χ0v) is 21.0. The Labute approximate surface area is 208 Å². The van der Waals surface area contributed by atoms with E-state index in [9.17, 15) is 14.4 Å². The number of hydrogen-bond acceptors (Lipinski definition) is 7. The first kappa shape index (κ1) is 24.8. The largest absolute Gasteiger partial charge is 0.383 e. The lowest BCUT2D eigenvalue weighted by Crippen LogP contribution is -2.50. The summed E-state index contributed by atoms with van der Waals surface area (Å²) < 4.78 is 5.26. The van der Waals surface area contributed by atoms with Gasteiger partial charge in [-0.2, -0.15) is 0 Å². The summed E-state index contributed by atoms with van der Waals surface area (Å²) >= 11 is 2.75. The third kappa shape index (κ3) is 5.68. The molecule has 3 N–H and O–H groups in total. The summed E-state index contributed by atoms with van der Waals surface area (Å²) in [5.74, 6) is -0.412. The van der Waals surface area contributed by atoms with Gasteiger partial charge in [0.25, 0.3) is 11.8 Å². The van der Waals surface area contributed by atoms with Crippen LogP contribution in [0.25, 0.3) is 0 Å². The SMILES string of the molecule is COCCN(C(=O)c1cccs1)C1CC(C(=O)NC2CCC(N)CC2)N(C(=O)c2cccs2)C1. The molecular weight excluding hydrogens is 472 g/mol. The molecule has 1 saturated carbocycles. The molecule has 2 aromatic rings. The van der Waals surface area contributed by atoms with Crippen LogP contribution in [-0.2, 0) is 9.53 Å². The molecule has 1 saturated heterocycles. The van der Waals surface area contributed by atoms with E-state index in [0.717, 1.165) is 25.7 Å². The molecule has 8 nitrogen and oxygen atoms in total. The van der Waals surface area contributed by atoms with E-state index in [1.165, 1.54) is 22.7 Å². The van der Waals surface area contributed by atoms with E-state index in [1.54, 1.807) is 29.0 Å². The molecule has 2 unspecified atom stereocenters. The van der Waals surface area contributed by atoms with Crippen LogP contribution in [-0.4, -0.2) is 78.5 Å². The van der Waals surface area contributed by atoms with Gasteiger partial charge in [0.2, 0.25) is 5.91 Å². The van der Waals surface area contributed by atoms with E-state index in [4.69, 9.17) is 10.5 Å². The van der Waals surface area contributed by atoms with Crippen molar-refractivity contribution >= 4 is 40.4 Å². The predicted molar refractivity (Wildman–Crippen MR) is 133 cm³/mol. The quantitative estimate of drug-likeness (QED) is 0.575. The van der Waals surface area contributed by atoms with Crippen molar-refractivity contribution in [1.29, 1.82) is 0 Å². The third-order valence-corrected chi connectivity index (χ3v) is 8.38. The van der Waals surface area contributed by atoms with Crippen LogP contribution in [0, 0.1) is 0 Å². The lowest BCUT2D eigenvalue weighted by Gasteiger charge is -2.29. The zero-order chi connectivity index (χ0) is 24.1. The van der Waals surface area contributed by atoms with Crippen LogP contribution in [0.3, 0.4) is 0 Å². The summed E-state index contributed by atoms with van der Waals surface area (Å²) in [4.78, 5) is 44.7. The van der Waals surface area contributed by atoms with Crippen molar-refractivity contribution in [2.45, 2.75) is 56.3 Å². The lowest BCUT2D eigenvalue weighted by molar-refractivity contribution is -0.125. The van der Waals surface area contributed by atoms with Crippen molar-refractivity contribution < 1.29 is 19.1 Å². The molecule has 2 aromatic heterocycles. The van der Waals surface area contributed by atoms with E-state index in [0.29, 0.717) is 35.9 Å². The average molecular weight is 505 g/mol. The van der Waals surface area contributed by atoms with E-state index in [1.807, 2.05) is 22.9 Å². The normalized spacial score (nSPS) is 24.7. The maximum Gasteiger partial charge on any atom is 0.264 e. The van der Waals surface area contributed by atoms with Gasteiger partial charge in [0, 0.05) is 32.3 Å². The number of nitrogens with two attached hydrogens (primary N) is 1. The Morgan fingerprint density at radius 2 is 1.79 bits per heavy atom. The number of thiophene rings is 2. The summed E-state index contributed by atoms with van der Waals surface area (Å²) in [7, 11) is 1.60. The van der Waals surface area contributed by atoms with Gasteiger partial charge in [-0.05, 0) is 55.0 Å². The number of nitrogens with zero attached hydrogens (tertiary/aromatic N) is 2. The number of carbonyl (C=O) groups excluding carboxylic acids is 3. The summed E-state index contributed by atoms with van der Waals surface area (Å²) in [6.45, 7) is 1.09. The fourth-order valence-corrected chi connectivity index (χ4v) is 6.15. The van der Waals surface area contributed by atoms with Gasteiger partial charge in [0.1, 0.15) is 6.04 Å². The lowest BCUT2D eigenvalue weighted by atomic mass is 9.91. The summed E-state index contributed by atoms with van der Waals surface area (Å²) in [5.41, 5.74) is 6.01. The molecule has 34 heavy (non-hydrogen) atoms. The van der Waals surface area contributed by atoms with Crippen molar-refractivity contribution in [2.24, 2.45) is 5.73 Å². The van der Waals surface area contributed by atoms with Gasteiger partial charge in [-0.25, -0.2) is 0 Å². The number of carbonyl (C=O) groups is 3. The molecular formula is C24H32N4O4S2. The van der Waals surface area contributed by atoms with Crippen LogP contribution in [0.5, 0.6) is 0 Å². The van der Waals surface area contributed by atoms with E-state index < -0.39 is 6.04 Å². The van der Waals surface area contributed by atoms with Crippen LogP contribution in [0.4, 0.5) is 0 Å². The number of nitrogens with one attached hydrogen (secondary N) is 1.